The normalized spacial score (nSPS) is 28.4. The van der Waals surface area contributed by atoms with Gasteiger partial charge in [0, 0.05) is 32.3 Å². The van der Waals surface area contributed by atoms with E-state index in [0.29, 0.717) is 33.2 Å². The van der Waals surface area contributed by atoms with Crippen molar-refractivity contribution in [3.63, 3.8) is 0 Å². The van der Waals surface area contributed by atoms with Crippen molar-refractivity contribution in [2.45, 2.75) is 30.7 Å². The summed E-state index contributed by atoms with van der Waals surface area (Å²) < 4.78 is 0.714. The third kappa shape index (κ3) is 4.49. The van der Waals surface area contributed by atoms with Crippen molar-refractivity contribution in [1.29, 1.82) is 0 Å². The fraction of sp³-hybridized carbons (Fsp3) is 0.231. The Hall–Kier alpha value is -4.40. The minimum absolute atomic E-state index is 0.00200. The summed E-state index contributed by atoms with van der Waals surface area (Å²) in [6.07, 6.45) is 4.08. The van der Waals surface area contributed by atoms with E-state index in [1.807, 2.05) is 90.3 Å². The Balaban J connectivity index is 1.36. The highest BCUT2D eigenvalue weighted by Crippen LogP contribution is 2.64. The third-order valence-electron chi connectivity index (χ3n) is 10.7. The number of rotatable bonds is 5. The fourth-order valence-electron chi connectivity index (χ4n) is 8.75. The van der Waals surface area contributed by atoms with Crippen LogP contribution in [0.1, 0.15) is 40.3 Å². The zero-order valence-electron chi connectivity index (χ0n) is 25.2. The first kappa shape index (κ1) is 30.0. The topological polar surface area (TPSA) is 91.8 Å². The predicted molar refractivity (Wildman–Crippen MR) is 182 cm³/mol. The smallest absolute Gasteiger partial charge is 0.234 e. The molecule has 2 amide bonds. The van der Waals surface area contributed by atoms with Crippen molar-refractivity contribution in [3.8, 4) is 5.75 Å². The predicted octanol–water partition coefficient (Wildman–Crippen LogP) is 7.24. The Kier molecular flexibility index (Phi) is 7.26. The number of allylic oxidation sites excluding steroid dienone is 4. The van der Waals surface area contributed by atoms with Gasteiger partial charge in [-0.05, 0) is 65.6 Å². The number of aromatic hydroxyl groups is 1. The fourth-order valence-corrected chi connectivity index (χ4v) is 9.83. The van der Waals surface area contributed by atoms with E-state index in [0.717, 1.165) is 10.5 Å². The molecule has 3 aliphatic carbocycles. The van der Waals surface area contributed by atoms with Crippen LogP contribution in [0.25, 0.3) is 5.57 Å². The van der Waals surface area contributed by atoms with Gasteiger partial charge in [-0.15, -0.1) is 11.3 Å². The van der Waals surface area contributed by atoms with Crippen LogP contribution < -0.4 is 0 Å². The minimum atomic E-state index is -1.38. The number of carbonyl (C=O) groups excluding carboxylic acids is 4. The maximum absolute atomic E-state index is 15.0. The molecule has 47 heavy (non-hydrogen) atoms. The van der Waals surface area contributed by atoms with Crippen LogP contribution in [0.15, 0.2) is 119 Å². The minimum Gasteiger partial charge on any atom is -0.508 e. The first-order valence-corrected chi connectivity index (χ1v) is 17.4. The largest absolute Gasteiger partial charge is 0.508 e. The number of ketones is 2. The quantitative estimate of drug-likeness (QED) is 0.175. The molecule has 2 fully saturated rings. The lowest BCUT2D eigenvalue weighted by Gasteiger charge is -2.55. The number of likely N-dealkylation sites (tertiary alicyclic amines) is 1. The zero-order valence-corrected chi connectivity index (χ0v) is 27.6. The van der Waals surface area contributed by atoms with E-state index in [1.165, 1.54) is 22.3 Å². The number of amides is 2. The van der Waals surface area contributed by atoms with Crippen molar-refractivity contribution < 1.29 is 24.3 Å². The number of phenols is 1. The van der Waals surface area contributed by atoms with Crippen LogP contribution in [-0.4, -0.2) is 33.4 Å². The van der Waals surface area contributed by atoms with E-state index in [1.54, 1.807) is 12.1 Å². The second kappa shape index (κ2) is 11.4. The zero-order chi connectivity index (χ0) is 32.4. The maximum Gasteiger partial charge on any atom is 0.234 e. The number of fused-ring (bicyclic) bond motifs is 4. The summed E-state index contributed by atoms with van der Waals surface area (Å²) in [7, 11) is 0. The molecule has 2 heterocycles. The highest BCUT2D eigenvalue weighted by atomic mass is 79.9. The van der Waals surface area contributed by atoms with E-state index in [-0.39, 0.29) is 42.1 Å². The summed E-state index contributed by atoms with van der Waals surface area (Å²) in [6, 6.07) is 27.6. The van der Waals surface area contributed by atoms with Crippen LogP contribution in [0.5, 0.6) is 5.75 Å². The number of nitrogens with zero attached hydrogens (tertiary/aromatic N) is 1. The molecule has 3 aromatic carbocycles. The highest BCUT2D eigenvalue weighted by Gasteiger charge is 2.66. The molecule has 1 aromatic heterocycles. The number of thiophene rings is 1. The molecule has 4 aromatic rings. The van der Waals surface area contributed by atoms with Gasteiger partial charge in [-0.3, -0.25) is 24.1 Å². The average Bonchev–Trinajstić information content (AvgIpc) is 3.70. The van der Waals surface area contributed by atoms with Crippen molar-refractivity contribution >= 4 is 56.2 Å². The summed E-state index contributed by atoms with van der Waals surface area (Å²) in [6.45, 7) is 0.218. The molecule has 234 valence electrons. The Morgan fingerprint density at radius 2 is 1.62 bits per heavy atom. The average molecular weight is 705 g/mol. The molecule has 6 unspecified atom stereocenters. The van der Waals surface area contributed by atoms with Crippen molar-refractivity contribution in [1.82, 2.24) is 4.90 Å². The SMILES string of the molecule is O=C1C(c2ccccc2)=CC(=O)C2(c3ccccc3)C1CC1C(=CCC3C(=O)N(Cc4cccs4)C(=O)C31)C2c1cc(Br)ccc1O. The van der Waals surface area contributed by atoms with Crippen molar-refractivity contribution in [3.05, 3.63) is 140 Å². The van der Waals surface area contributed by atoms with Gasteiger partial charge < -0.3 is 5.11 Å². The number of Topliss-reactive ketones (excluding diaryl/α,β-unsaturated/α-hetero) is 1. The lowest BCUT2D eigenvalue weighted by Crippen LogP contribution is -2.58. The van der Waals surface area contributed by atoms with Crippen LogP contribution >= 0.6 is 27.3 Å². The molecule has 1 saturated carbocycles. The van der Waals surface area contributed by atoms with E-state index in [9.17, 15) is 19.5 Å². The van der Waals surface area contributed by atoms with Crippen LogP contribution in [0.3, 0.4) is 0 Å². The Morgan fingerprint density at radius 1 is 0.872 bits per heavy atom. The van der Waals surface area contributed by atoms with E-state index >= 15 is 4.79 Å². The monoisotopic (exact) mass is 703 g/mol. The van der Waals surface area contributed by atoms with Crippen molar-refractivity contribution in [2.24, 2.45) is 23.7 Å². The molecule has 1 N–H and O–H groups in total. The second-order valence-corrected chi connectivity index (χ2v) is 14.8. The summed E-state index contributed by atoms with van der Waals surface area (Å²) in [5.41, 5.74) is 1.64. The third-order valence-corrected chi connectivity index (χ3v) is 12.0. The molecule has 0 bridgehead atoms. The van der Waals surface area contributed by atoms with Gasteiger partial charge in [0.15, 0.2) is 11.6 Å². The molecule has 0 spiro atoms. The lowest BCUT2D eigenvalue weighted by atomic mass is 9.44. The number of phenolic OH excluding ortho intramolecular Hbond substituents is 1. The molecular weight excluding hydrogens is 674 g/mol. The molecule has 1 aliphatic heterocycles. The van der Waals surface area contributed by atoms with Crippen LogP contribution in [0.4, 0.5) is 0 Å². The summed E-state index contributed by atoms with van der Waals surface area (Å²) in [4.78, 5) is 60.4. The Labute approximate surface area is 284 Å². The number of carbonyl (C=O) groups is 4. The molecule has 0 radical (unpaired) electrons. The van der Waals surface area contributed by atoms with Gasteiger partial charge in [0.1, 0.15) is 5.75 Å². The summed E-state index contributed by atoms with van der Waals surface area (Å²) >= 11 is 5.08. The molecule has 8 rings (SSSR count). The Morgan fingerprint density at radius 3 is 2.34 bits per heavy atom. The van der Waals surface area contributed by atoms with Gasteiger partial charge in [0.25, 0.3) is 0 Å². The molecule has 8 heteroatoms. The van der Waals surface area contributed by atoms with E-state index < -0.39 is 35.0 Å². The van der Waals surface area contributed by atoms with Crippen molar-refractivity contribution in [2.75, 3.05) is 0 Å². The number of halogens is 1. The van der Waals surface area contributed by atoms with Gasteiger partial charge in [0.2, 0.25) is 11.8 Å². The van der Waals surface area contributed by atoms with Crippen LogP contribution in [0, 0.1) is 23.7 Å². The van der Waals surface area contributed by atoms with E-state index in [4.69, 9.17) is 0 Å². The van der Waals surface area contributed by atoms with Gasteiger partial charge in [-0.2, -0.15) is 0 Å². The number of hydrogen-bond donors (Lipinski definition) is 1. The Bertz CT molecular complexity index is 2000. The lowest BCUT2D eigenvalue weighted by molar-refractivity contribution is -0.141. The standard InChI is InChI=1S/C39H30BrNO5S/c40-24-13-16-32(42)30(18-24)35-26-14-15-27-34(38(46)41(37(27)45)21-25-12-7-17-47-25)29(26)19-31-36(44)28(22-8-3-1-4-9-22)20-33(43)39(31,35)23-10-5-2-6-11-23/h1-14,16-18,20,27,29,31,34-35,42H,15,19,21H2. The van der Waals surface area contributed by atoms with Gasteiger partial charge in [-0.1, -0.05) is 94.3 Å². The van der Waals surface area contributed by atoms with Gasteiger partial charge >= 0.3 is 0 Å². The first-order valence-electron chi connectivity index (χ1n) is 15.8. The number of hydrogen-bond acceptors (Lipinski definition) is 6. The number of benzene rings is 3. The summed E-state index contributed by atoms with van der Waals surface area (Å²) in [5.74, 6) is -4.11. The summed E-state index contributed by atoms with van der Waals surface area (Å²) in [5, 5.41) is 13.4. The molecular formula is C39H30BrNO5S. The maximum atomic E-state index is 15.0. The van der Waals surface area contributed by atoms with Gasteiger partial charge in [0.05, 0.1) is 23.8 Å². The molecule has 6 nitrogen and oxygen atoms in total. The van der Waals surface area contributed by atoms with Crippen LogP contribution in [-0.2, 0) is 31.1 Å². The van der Waals surface area contributed by atoms with Crippen LogP contribution in [0.2, 0.25) is 0 Å². The van der Waals surface area contributed by atoms with E-state index in [2.05, 4.69) is 15.9 Å². The number of imide groups is 1. The highest BCUT2D eigenvalue weighted by molar-refractivity contribution is 9.10. The molecule has 4 aliphatic rings. The first-order chi connectivity index (χ1) is 22.8. The second-order valence-electron chi connectivity index (χ2n) is 12.8. The molecule has 6 atom stereocenters. The van der Waals surface area contributed by atoms with Gasteiger partial charge in [-0.25, -0.2) is 0 Å². The molecule has 1 saturated heterocycles.